The van der Waals surface area contributed by atoms with Gasteiger partial charge in [-0.2, -0.15) is 0 Å². The van der Waals surface area contributed by atoms with Gasteiger partial charge in [-0.05, 0) is 44.9 Å². The summed E-state index contributed by atoms with van der Waals surface area (Å²) >= 11 is 2.54. The third-order valence-electron chi connectivity index (χ3n) is 4.83. The van der Waals surface area contributed by atoms with Crippen molar-refractivity contribution in [2.75, 3.05) is 19.6 Å². The van der Waals surface area contributed by atoms with Crippen molar-refractivity contribution in [1.82, 2.24) is 0 Å². The van der Waals surface area contributed by atoms with Crippen LogP contribution >= 0.6 is 22.6 Å². The Balaban J connectivity index is 1.76. The molecule has 2 nitrogen and oxygen atoms in total. The third-order valence-corrected chi connectivity index (χ3v) is 6.08. The number of carbonyl (C=O) groups excluding carboxylic acids is 1. The van der Waals surface area contributed by atoms with Crippen molar-refractivity contribution < 1.29 is 9.69 Å². The number of hydrogen-bond acceptors (Lipinski definition) is 1. The van der Waals surface area contributed by atoms with Crippen molar-refractivity contribution in [3.63, 3.8) is 0 Å². The highest BCUT2D eigenvalue weighted by Crippen LogP contribution is 2.29. The lowest BCUT2D eigenvalue weighted by atomic mass is 9.85. The Morgan fingerprint density at radius 2 is 1.94 bits per heavy atom. The standard InChI is InChI=1S/C15H26INO/c1-2-12-4-3-9-17(10-12)11-15(18)13-5-7-14(16)8-6-13/h12-14H,2-11H2,1H3/p+1. The maximum absolute atomic E-state index is 12.3. The Hall–Kier alpha value is 0.360. The fraction of sp³-hybridized carbons (Fsp3) is 0.933. The number of quaternary nitrogens is 1. The second-order valence-corrected chi connectivity index (χ2v) is 7.97. The molecule has 1 N–H and O–H groups in total. The van der Waals surface area contributed by atoms with Crippen LogP contribution in [0, 0.1) is 11.8 Å². The maximum atomic E-state index is 12.3. The van der Waals surface area contributed by atoms with Crippen LogP contribution in [-0.2, 0) is 4.79 Å². The Labute approximate surface area is 125 Å². The number of alkyl halides is 1. The van der Waals surface area contributed by atoms with Gasteiger partial charge in [-0.25, -0.2) is 0 Å². The lowest BCUT2D eigenvalue weighted by Gasteiger charge is -2.31. The van der Waals surface area contributed by atoms with Gasteiger partial charge in [0.05, 0.1) is 13.1 Å². The van der Waals surface area contributed by atoms with Crippen LogP contribution in [0.3, 0.4) is 0 Å². The van der Waals surface area contributed by atoms with E-state index in [4.69, 9.17) is 0 Å². The zero-order valence-corrected chi connectivity index (χ0v) is 13.7. The fourth-order valence-corrected chi connectivity index (χ4v) is 4.25. The predicted molar refractivity (Wildman–Crippen MR) is 83.4 cm³/mol. The summed E-state index contributed by atoms with van der Waals surface area (Å²) in [5.74, 6) is 1.82. The summed E-state index contributed by atoms with van der Waals surface area (Å²) in [4.78, 5) is 13.9. The molecular weight excluding hydrogens is 337 g/mol. The van der Waals surface area contributed by atoms with Crippen LogP contribution in [0.1, 0.15) is 51.9 Å². The van der Waals surface area contributed by atoms with Gasteiger partial charge in [0.15, 0.2) is 5.78 Å². The molecule has 0 bridgehead atoms. The molecule has 0 aromatic heterocycles. The molecule has 2 aliphatic rings. The molecule has 2 atom stereocenters. The van der Waals surface area contributed by atoms with Gasteiger partial charge in [0, 0.05) is 15.8 Å². The Bertz CT molecular complexity index is 274. The van der Waals surface area contributed by atoms with E-state index < -0.39 is 0 Å². The monoisotopic (exact) mass is 364 g/mol. The SMILES string of the molecule is CCC1CCC[NH+](CC(=O)C2CCC(I)CC2)C1. The molecule has 0 amide bonds. The normalized spacial score (nSPS) is 37.4. The van der Waals surface area contributed by atoms with E-state index in [1.807, 2.05) is 0 Å². The largest absolute Gasteiger partial charge is 0.329 e. The van der Waals surface area contributed by atoms with Crippen LogP contribution in [0.15, 0.2) is 0 Å². The van der Waals surface area contributed by atoms with Gasteiger partial charge in [0.1, 0.15) is 6.54 Å². The zero-order chi connectivity index (χ0) is 13.0. The van der Waals surface area contributed by atoms with E-state index in [2.05, 4.69) is 29.5 Å². The molecule has 2 fully saturated rings. The number of nitrogens with one attached hydrogen (secondary N) is 1. The topological polar surface area (TPSA) is 21.5 Å². The smallest absolute Gasteiger partial charge is 0.189 e. The average Bonchev–Trinajstić information content (AvgIpc) is 2.39. The average molecular weight is 364 g/mol. The lowest BCUT2D eigenvalue weighted by Crippen LogP contribution is -3.14. The molecule has 0 spiro atoms. The van der Waals surface area contributed by atoms with Gasteiger partial charge < -0.3 is 4.90 Å². The van der Waals surface area contributed by atoms with E-state index >= 15 is 0 Å². The van der Waals surface area contributed by atoms with Crippen LogP contribution in [0.5, 0.6) is 0 Å². The number of rotatable bonds is 4. The molecule has 2 unspecified atom stereocenters. The molecule has 3 heteroatoms. The van der Waals surface area contributed by atoms with Crippen LogP contribution in [0.4, 0.5) is 0 Å². The molecule has 0 aromatic carbocycles. The van der Waals surface area contributed by atoms with E-state index in [0.29, 0.717) is 11.7 Å². The molecule has 1 saturated carbocycles. The Kier molecular flexibility index (Phi) is 5.93. The summed E-state index contributed by atoms with van der Waals surface area (Å²) in [5.41, 5.74) is 0. The first-order valence-electron chi connectivity index (χ1n) is 7.69. The van der Waals surface area contributed by atoms with Gasteiger partial charge in [-0.3, -0.25) is 4.79 Å². The van der Waals surface area contributed by atoms with E-state index in [9.17, 15) is 4.79 Å². The minimum atomic E-state index is 0.394. The maximum Gasteiger partial charge on any atom is 0.189 e. The van der Waals surface area contributed by atoms with Gasteiger partial charge in [-0.1, -0.05) is 29.5 Å². The number of carbonyl (C=O) groups is 1. The first-order chi connectivity index (χ1) is 8.69. The van der Waals surface area contributed by atoms with Gasteiger partial charge >= 0.3 is 0 Å². The summed E-state index contributed by atoms with van der Waals surface area (Å²) < 4.78 is 0.818. The second kappa shape index (κ2) is 7.22. The van der Waals surface area contributed by atoms with E-state index in [1.165, 1.54) is 45.2 Å². The minimum absolute atomic E-state index is 0.394. The summed E-state index contributed by atoms with van der Waals surface area (Å²) in [5, 5.41) is 0. The van der Waals surface area contributed by atoms with Crippen molar-refractivity contribution in [2.24, 2.45) is 11.8 Å². The summed E-state index contributed by atoms with van der Waals surface area (Å²) in [6.07, 6.45) is 8.80. The van der Waals surface area contributed by atoms with E-state index in [0.717, 1.165) is 29.2 Å². The molecule has 1 saturated heterocycles. The number of piperidine rings is 1. The molecule has 0 aromatic rings. The number of ketones is 1. The third kappa shape index (κ3) is 4.19. The molecule has 104 valence electrons. The highest BCUT2D eigenvalue weighted by molar-refractivity contribution is 14.1. The number of likely N-dealkylation sites (tertiary alicyclic amines) is 1. The van der Waals surface area contributed by atoms with Crippen molar-refractivity contribution in [3.8, 4) is 0 Å². The molecular formula is C15H27INO+. The van der Waals surface area contributed by atoms with E-state index in [-0.39, 0.29) is 0 Å². The van der Waals surface area contributed by atoms with Crippen molar-refractivity contribution >= 4 is 28.4 Å². The molecule has 18 heavy (non-hydrogen) atoms. The van der Waals surface area contributed by atoms with Gasteiger partial charge in [-0.15, -0.1) is 0 Å². The van der Waals surface area contributed by atoms with Crippen molar-refractivity contribution in [3.05, 3.63) is 0 Å². The fourth-order valence-electron chi connectivity index (χ4n) is 3.53. The van der Waals surface area contributed by atoms with Crippen LogP contribution in [-0.4, -0.2) is 29.3 Å². The second-order valence-electron chi connectivity index (χ2n) is 6.21. The number of hydrogen-bond donors (Lipinski definition) is 1. The Morgan fingerprint density at radius 3 is 2.61 bits per heavy atom. The van der Waals surface area contributed by atoms with Crippen LogP contribution in [0.25, 0.3) is 0 Å². The number of halogens is 1. The summed E-state index contributed by atoms with van der Waals surface area (Å²) in [7, 11) is 0. The lowest BCUT2D eigenvalue weighted by molar-refractivity contribution is -0.900. The first-order valence-corrected chi connectivity index (χ1v) is 8.94. The van der Waals surface area contributed by atoms with Crippen LogP contribution in [0.2, 0.25) is 0 Å². The molecule has 1 heterocycles. The highest BCUT2D eigenvalue weighted by atomic mass is 127. The summed E-state index contributed by atoms with van der Waals surface area (Å²) in [6, 6.07) is 0. The van der Waals surface area contributed by atoms with E-state index in [1.54, 1.807) is 4.90 Å². The highest BCUT2D eigenvalue weighted by Gasteiger charge is 2.29. The molecule has 1 aliphatic carbocycles. The van der Waals surface area contributed by atoms with Crippen molar-refractivity contribution in [1.29, 1.82) is 0 Å². The first kappa shape index (κ1) is 14.8. The van der Waals surface area contributed by atoms with Crippen molar-refractivity contribution in [2.45, 2.75) is 55.8 Å². The molecule has 0 radical (unpaired) electrons. The van der Waals surface area contributed by atoms with Gasteiger partial charge in [0.25, 0.3) is 0 Å². The number of Topliss-reactive ketones (excluding diaryl/α,β-unsaturated/α-hetero) is 1. The minimum Gasteiger partial charge on any atom is -0.329 e. The Morgan fingerprint density at radius 1 is 1.22 bits per heavy atom. The predicted octanol–water partition coefficient (Wildman–Crippen LogP) is 2.25. The van der Waals surface area contributed by atoms with Gasteiger partial charge in [0.2, 0.25) is 0 Å². The summed E-state index contributed by atoms with van der Waals surface area (Å²) in [6.45, 7) is 5.57. The molecule has 2 rings (SSSR count). The van der Waals surface area contributed by atoms with Crippen LogP contribution < -0.4 is 4.90 Å². The molecule has 1 aliphatic heterocycles. The quantitative estimate of drug-likeness (QED) is 0.600. The zero-order valence-electron chi connectivity index (χ0n) is 11.6.